The molecule has 0 bridgehead atoms. The molecular formula is C19H31NO. The summed E-state index contributed by atoms with van der Waals surface area (Å²) in [7, 11) is 0. The maximum Gasteiger partial charge on any atom is 0.0955 e. The van der Waals surface area contributed by atoms with E-state index in [1.807, 2.05) is 0 Å². The summed E-state index contributed by atoms with van der Waals surface area (Å²) in [5.74, 6) is 0. The first kappa shape index (κ1) is 16.5. The van der Waals surface area contributed by atoms with Gasteiger partial charge in [0, 0.05) is 6.54 Å². The van der Waals surface area contributed by atoms with Gasteiger partial charge in [0.25, 0.3) is 0 Å². The van der Waals surface area contributed by atoms with Gasteiger partial charge >= 0.3 is 0 Å². The van der Waals surface area contributed by atoms with E-state index in [4.69, 9.17) is 4.74 Å². The molecule has 0 spiro atoms. The van der Waals surface area contributed by atoms with Crippen LogP contribution >= 0.6 is 0 Å². The Morgan fingerprint density at radius 1 is 1.24 bits per heavy atom. The Kier molecular flexibility index (Phi) is 5.83. The van der Waals surface area contributed by atoms with Crippen molar-refractivity contribution in [2.24, 2.45) is 5.41 Å². The van der Waals surface area contributed by atoms with Gasteiger partial charge < -0.3 is 10.1 Å². The summed E-state index contributed by atoms with van der Waals surface area (Å²) in [5, 5.41) is 3.45. The Hall–Kier alpha value is -0.860. The molecule has 1 fully saturated rings. The SMILES string of the molecule is CCNCC(OC1CCC(C)(C)CC1)c1ccccc1C. The molecule has 0 heterocycles. The number of likely N-dealkylation sites (N-methyl/N-ethyl adjacent to an activating group) is 1. The molecule has 2 heteroatoms. The molecule has 2 rings (SSSR count). The van der Waals surface area contributed by atoms with E-state index >= 15 is 0 Å². The van der Waals surface area contributed by atoms with Crippen molar-refractivity contribution in [3.05, 3.63) is 35.4 Å². The van der Waals surface area contributed by atoms with Gasteiger partial charge in [-0.1, -0.05) is 45.0 Å². The monoisotopic (exact) mass is 289 g/mol. The number of rotatable bonds is 6. The van der Waals surface area contributed by atoms with Crippen molar-refractivity contribution in [3.63, 3.8) is 0 Å². The molecule has 2 nitrogen and oxygen atoms in total. The zero-order valence-electron chi connectivity index (χ0n) is 14.1. The van der Waals surface area contributed by atoms with Crippen LogP contribution in [0.15, 0.2) is 24.3 Å². The van der Waals surface area contributed by atoms with E-state index in [2.05, 4.69) is 57.3 Å². The van der Waals surface area contributed by atoms with E-state index in [0.717, 1.165) is 13.1 Å². The van der Waals surface area contributed by atoms with Crippen molar-refractivity contribution in [3.8, 4) is 0 Å². The van der Waals surface area contributed by atoms with E-state index in [9.17, 15) is 0 Å². The highest BCUT2D eigenvalue weighted by Gasteiger charge is 2.29. The Morgan fingerprint density at radius 3 is 2.52 bits per heavy atom. The molecule has 1 aliphatic rings. The summed E-state index contributed by atoms with van der Waals surface area (Å²) in [6.45, 7) is 11.0. The minimum absolute atomic E-state index is 0.178. The average molecular weight is 289 g/mol. The lowest BCUT2D eigenvalue weighted by Gasteiger charge is -2.36. The minimum atomic E-state index is 0.178. The minimum Gasteiger partial charge on any atom is -0.369 e. The molecule has 0 amide bonds. The van der Waals surface area contributed by atoms with Crippen LogP contribution in [0.3, 0.4) is 0 Å². The van der Waals surface area contributed by atoms with Gasteiger partial charge in [0.2, 0.25) is 0 Å². The molecule has 0 aliphatic heterocycles. The van der Waals surface area contributed by atoms with E-state index in [1.165, 1.54) is 36.8 Å². The van der Waals surface area contributed by atoms with Crippen molar-refractivity contribution in [2.45, 2.75) is 65.6 Å². The molecule has 0 saturated heterocycles. The summed E-state index contributed by atoms with van der Waals surface area (Å²) < 4.78 is 6.49. The number of aryl methyl sites for hydroxylation is 1. The predicted molar refractivity (Wildman–Crippen MR) is 89.6 cm³/mol. The third-order valence-corrected chi connectivity index (χ3v) is 4.76. The van der Waals surface area contributed by atoms with Crippen LogP contribution < -0.4 is 5.32 Å². The normalized spacial score (nSPS) is 20.4. The summed E-state index contributed by atoms with van der Waals surface area (Å²) in [4.78, 5) is 0. The van der Waals surface area contributed by atoms with Crippen molar-refractivity contribution in [2.75, 3.05) is 13.1 Å². The van der Waals surface area contributed by atoms with Gasteiger partial charge in [0.1, 0.15) is 0 Å². The highest BCUT2D eigenvalue weighted by atomic mass is 16.5. The molecule has 1 unspecified atom stereocenters. The highest BCUT2D eigenvalue weighted by Crippen LogP contribution is 2.38. The van der Waals surface area contributed by atoms with Crippen LogP contribution in [0.1, 0.15) is 63.7 Å². The van der Waals surface area contributed by atoms with E-state index in [1.54, 1.807) is 0 Å². The molecule has 0 aromatic heterocycles. The van der Waals surface area contributed by atoms with Crippen LogP contribution in [0.2, 0.25) is 0 Å². The van der Waals surface area contributed by atoms with Crippen LogP contribution in [-0.2, 0) is 4.74 Å². The number of nitrogens with one attached hydrogen (secondary N) is 1. The molecule has 1 N–H and O–H groups in total. The predicted octanol–water partition coefficient (Wildman–Crippen LogP) is 4.63. The van der Waals surface area contributed by atoms with Gasteiger partial charge in [0.05, 0.1) is 12.2 Å². The molecule has 0 radical (unpaired) electrons. The molecule has 1 atom stereocenters. The maximum absolute atomic E-state index is 6.49. The van der Waals surface area contributed by atoms with E-state index in [-0.39, 0.29) is 6.10 Å². The largest absolute Gasteiger partial charge is 0.369 e. The molecule has 1 aromatic rings. The molecular weight excluding hydrogens is 258 g/mol. The van der Waals surface area contributed by atoms with Gasteiger partial charge in [-0.2, -0.15) is 0 Å². The van der Waals surface area contributed by atoms with Crippen molar-refractivity contribution in [1.29, 1.82) is 0 Å². The fourth-order valence-electron chi connectivity index (χ4n) is 3.20. The third-order valence-electron chi connectivity index (χ3n) is 4.76. The molecule has 1 saturated carbocycles. The summed E-state index contributed by atoms with van der Waals surface area (Å²) in [6, 6.07) is 8.62. The van der Waals surface area contributed by atoms with E-state index in [0.29, 0.717) is 11.5 Å². The lowest BCUT2D eigenvalue weighted by molar-refractivity contribution is -0.0461. The quantitative estimate of drug-likeness (QED) is 0.824. The van der Waals surface area contributed by atoms with Gasteiger partial charge in [-0.15, -0.1) is 0 Å². The van der Waals surface area contributed by atoms with Crippen molar-refractivity contribution in [1.82, 2.24) is 5.32 Å². The summed E-state index contributed by atoms with van der Waals surface area (Å²) in [5.41, 5.74) is 3.17. The zero-order chi connectivity index (χ0) is 15.3. The fraction of sp³-hybridized carbons (Fsp3) is 0.684. The lowest BCUT2D eigenvalue weighted by atomic mass is 9.76. The van der Waals surface area contributed by atoms with Gasteiger partial charge in [-0.05, 0) is 55.7 Å². The van der Waals surface area contributed by atoms with Crippen LogP contribution in [0, 0.1) is 12.3 Å². The van der Waals surface area contributed by atoms with Crippen LogP contribution in [0.5, 0.6) is 0 Å². The zero-order valence-corrected chi connectivity index (χ0v) is 14.1. The number of hydrogen-bond acceptors (Lipinski definition) is 2. The maximum atomic E-state index is 6.49. The first-order chi connectivity index (χ1) is 10.0. The Balaban J connectivity index is 2.02. The first-order valence-corrected chi connectivity index (χ1v) is 8.43. The topological polar surface area (TPSA) is 21.3 Å². The Morgan fingerprint density at radius 2 is 1.90 bits per heavy atom. The molecule has 1 aromatic carbocycles. The molecule has 1 aliphatic carbocycles. The second-order valence-electron chi connectivity index (χ2n) is 7.15. The molecule has 21 heavy (non-hydrogen) atoms. The number of hydrogen-bond donors (Lipinski definition) is 1. The second kappa shape index (κ2) is 7.42. The molecule has 118 valence electrons. The smallest absolute Gasteiger partial charge is 0.0955 e. The fourth-order valence-corrected chi connectivity index (χ4v) is 3.20. The van der Waals surface area contributed by atoms with Crippen LogP contribution in [0.4, 0.5) is 0 Å². The van der Waals surface area contributed by atoms with Gasteiger partial charge in [-0.25, -0.2) is 0 Å². The standard InChI is InChI=1S/C19H31NO/c1-5-20-14-18(17-9-7-6-8-15(17)2)21-16-10-12-19(3,4)13-11-16/h6-9,16,18,20H,5,10-14H2,1-4H3. The third kappa shape index (κ3) is 4.82. The van der Waals surface area contributed by atoms with Crippen molar-refractivity contribution >= 4 is 0 Å². The Labute approximate surface area is 130 Å². The average Bonchev–Trinajstić information content (AvgIpc) is 2.46. The first-order valence-electron chi connectivity index (χ1n) is 8.43. The second-order valence-corrected chi connectivity index (χ2v) is 7.15. The summed E-state index contributed by atoms with van der Waals surface area (Å²) >= 11 is 0. The van der Waals surface area contributed by atoms with Crippen LogP contribution in [-0.4, -0.2) is 19.2 Å². The summed E-state index contributed by atoms with van der Waals surface area (Å²) in [6.07, 6.45) is 5.54. The Bertz CT molecular complexity index is 431. The van der Waals surface area contributed by atoms with E-state index < -0.39 is 0 Å². The lowest BCUT2D eigenvalue weighted by Crippen LogP contribution is -2.31. The van der Waals surface area contributed by atoms with Crippen molar-refractivity contribution < 1.29 is 4.74 Å². The van der Waals surface area contributed by atoms with Gasteiger partial charge in [0.15, 0.2) is 0 Å². The number of benzene rings is 1. The van der Waals surface area contributed by atoms with Crippen LogP contribution in [0.25, 0.3) is 0 Å². The highest BCUT2D eigenvalue weighted by molar-refractivity contribution is 5.28. The van der Waals surface area contributed by atoms with Gasteiger partial charge in [-0.3, -0.25) is 0 Å². The number of ether oxygens (including phenoxy) is 1.